The second-order valence-electron chi connectivity index (χ2n) is 1.36. The van der Waals surface area contributed by atoms with Gasteiger partial charge in [-0.05, 0) is 13.0 Å². The van der Waals surface area contributed by atoms with Crippen LogP contribution in [0, 0.1) is 10.1 Å². The first-order valence-corrected chi connectivity index (χ1v) is 2.55. The Kier molecular flexibility index (Phi) is 25.5. The molecule has 11 heavy (non-hydrogen) atoms. The van der Waals surface area contributed by atoms with Crippen LogP contribution in [0.3, 0.4) is 0 Å². The monoisotopic (exact) mass is 172 g/mol. The maximum atomic E-state index is 9.70. The number of aliphatic carboxylic acids is 1. The first-order chi connectivity index (χ1) is 4.68. The number of carboxylic acid groups (broad SMARTS) is 1. The molecule has 6 nitrogen and oxygen atoms in total. The van der Waals surface area contributed by atoms with Crippen molar-refractivity contribution in [1.82, 2.24) is 0 Å². The zero-order valence-electron chi connectivity index (χ0n) is 6.32. The third kappa shape index (κ3) is 41.1. The summed E-state index contributed by atoms with van der Waals surface area (Å²) in [5, 5.41) is 17.0. The van der Waals surface area contributed by atoms with Crippen molar-refractivity contribution >= 4 is 5.97 Å². The molecule has 0 heterocycles. The topological polar surface area (TPSA) is 116 Å². The van der Waals surface area contributed by atoms with E-state index in [4.69, 9.17) is 21.0 Å². The predicted octanol–water partition coefficient (Wildman–Crippen LogP) is -2.94. The van der Waals surface area contributed by atoms with Gasteiger partial charge < -0.3 is 21.0 Å². The molecular weight excluding hydrogens is 163 g/mol. The Morgan fingerprint density at radius 2 is 2.00 bits per heavy atom. The molecule has 0 spiro atoms. The van der Waals surface area contributed by atoms with E-state index in [0.717, 1.165) is 5.34 Å². The molecule has 0 fully saturated rings. The van der Waals surface area contributed by atoms with Crippen LogP contribution >= 0.6 is 0 Å². The van der Waals surface area contributed by atoms with Gasteiger partial charge in [-0.25, -0.2) is 0 Å². The smallest absolute Gasteiger partial charge is 0.481 e. The Morgan fingerprint density at radius 1 is 1.64 bits per heavy atom. The normalized spacial score (nSPS) is 6.64. The minimum Gasteiger partial charge on any atom is -0.481 e. The number of carboxylic acids is 1. The Morgan fingerprint density at radius 3 is 2.09 bits per heavy atom. The molecule has 0 amide bonds. The van der Waals surface area contributed by atoms with Crippen LogP contribution in [0.1, 0.15) is 12.8 Å². The van der Waals surface area contributed by atoms with E-state index in [1.807, 2.05) is 0 Å². The van der Waals surface area contributed by atoms with Crippen molar-refractivity contribution in [1.29, 1.82) is 0 Å². The molecule has 7 heteroatoms. The van der Waals surface area contributed by atoms with Crippen molar-refractivity contribution in [3.8, 4) is 0 Å². The molecule has 0 aliphatic heterocycles. The van der Waals surface area contributed by atoms with E-state index in [9.17, 15) is 4.79 Å². The SMILES string of the molecule is NCCCC(=O)O.O=N[O-].[Na+]. The van der Waals surface area contributed by atoms with E-state index in [-0.39, 0.29) is 36.0 Å². The molecule has 0 atom stereocenters. The molecule has 0 aliphatic carbocycles. The number of rotatable bonds is 3. The minimum atomic E-state index is -0.773. The molecule has 0 aromatic rings. The summed E-state index contributed by atoms with van der Waals surface area (Å²) in [6.07, 6.45) is 0.770. The zero-order chi connectivity index (χ0) is 8.41. The fraction of sp³-hybridized carbons (Fsp3) is 0.750. The van der Waals surface area contributed by atoms with Gasteiger partial charge in [0.2, 0.25) is 0 Å². The van der Waals surface area contributed by atoms with Gasteiger partial charge in [-0.1, -0.05) is 0 Å². The summed E-state index contributed by atoms with van der Waals surface area (Å²) in [5.74, 6) is -0.773. The number of nitrogens with two attached hydrogens (primary N) is 1. The van der Waals surface area contributed by atoms with Crippen LogP contribution in [-0.2, 0) is 4.79 Å². The summed E-state index contributed by atoms with van der Waals surface area (Å²) in [5.41, 5.74) is 5.01. The minimum absolute atomic E-state index is 0. The average molecular weight is 172 g/mol. The number of hydrogen-bond donors (Lipinski definition) is 2. The standard InChI is InChI=1S/C4H9NO2.HNO2.Na/c5-3-1-2-4(6)7;2-1-3;/h1-3,5H2,(H,6,7);(H,2,3);/q;;+1/p-1. The largest absolute Gasteiger partial charge is 1.00 e. The van der Waals surface area contributed by atoms with Crippen LogP contribution in [0.2, 0.25) is 0 Å². The van der Waals surface area contributed by atoms with Crippen LogP contribution in [0.4, 0.5) is 0 Å². The van der Waals surface area contributed by atoms with Gasteiger partial charge in [0.15, 0.2) is 0 Å². The van der Waals surface area contributed by atoms with Gasteiger partial charge in [-0.2, -0.15) is 0 Å². The van der Waals surface area contributed by atoms with Crippen LogP contribution < -0.4 is 35.3 Å². The van der Waals surface area contributed by atoms with Crippen molar-refractivity contribution in [2.75, 3.05) is 6.54 Å². The van der Waals surface area contributed by atoms with E-state index in [1.165, 1.54) is 0 Å². The Bertz CT molecular complexity index is 100. The van der Waals surface area contributed by atoms with Gasteiger partial charge in [0, 0.05) is 6.42 Å². The van der Waals surface area contributed by atoms with E-state index in [2.05, 4.69) is 0 Å². The summed E-state index contributed by atoms with van der Waals surface area (Å²) in [7, 11) is 0. The van der Waals surface area contributed by atoms with Crippen molar-refractivity contribution in [2.24, 2.45) is 11.1 Å². The van der Waals surface area contributed by atoms with Crippen molar-refractivity contribution in [3.63, 3.8) is 0 Å². The molecular formula is C4H9N2NaO4. The molecule has 0 unspecified atom stereocenters. The first kappa shape index (κ1) is 17.1. The van der Waals surface area contributed by atoms with Gasteiger partial charge in [-0.3, -0.25) is 4.79 Å². The fourth-order valence-corrected chi connectivity index (χ4v) is 0.253. The van der Waals surface area contributed by atoms with Gasteiger partial charge in [0.25, 0.3) is 0 Å². The van der Waals surface area contributed by atoms with Crippen molar-refractivity contribution in [3.05, 3.63) is 10.1 Å². The molecule has 0 aromatic heterocycles. The summed E-state index contributed by atoms with van der Waals surface area (Å²) < 4.78 is 0. The third-order valence-electron chi connectivity index (χ3n) is 0.595. The first-order valence-electron chi connectivity index (χ1n) is 2.55. The maximum Gasteiger partial charge on any atom is 1.00 e. The molecule has 0 rings (SSSR count). The quantitative estimate of drug-likeness (QED) is 0.268. The molecule has 0 saturated carbocycles. The van der Waals surface area contributed by atoms with E-state index in [1.54, 1.807) is 0 Å². The summed E-state index contributed by atoms with van der Waals surface area (Å²) in [6.45, 7) is 0.465. The van der Waals surface area contributed by atoms with E-state index >= 15 is 0 Å². The predicted molar refractivity (Wildman–Crippen MR) is 35.1 cm³/mol. The van der Waals surface area contributed by atoms with Gasteiger partial charge >= 0.3 is 35.5 Å². The van der Waals surface area contributed by atoms with Crippen LogP contribution in [0.15, 0.2) is 5.34 Å². The second kappa shape index (κ2) is 16.4. The van der Waals surface area contributed by atoms with E-state index in [0.29, 0.717) is 13.0 Å². The summed E-state index contributed by atoms with van der Waals surface area (Å²) >= 11 is 0. The Labute approximate surface area is 86.0 Å². The maximum absolute atomic E-state index is 9.70. The van der Waals surface area contributed by atoms with Crippen LogP contribution in [0.25, 0.3) is 0 Å². The number of nitrogens with zero attached hydrogens (tertiary/aromatic N) is 1. The molecule has 0 bridgehead atoms. The Balaban J connectivity index is -0.000000140. The average Bonchev–Trinajstić information content (AvgIpc) is 1.85. The molecule has 0 aromatic carbocycles. The summed E-state index contributed by atoms with van der Waals surface area (Å²) in [4.78, 5) is 17.7. The van der Waals surface area contributed by atoms with Gasteiger partial charge in [-0.15, -0.1) is 5.34 Å². The zero-order valence-corrected chi connectivity index (χ0v) is 8.32. The Hall–Kier alpha value is -0.170. The summed E-state index contributed by atoms with van der Waals surface area (Å²) in [6, 6.07) is 0. The molecule has 0 saturated heterocycles. The molecule has 3 N–H and O–H groups in total. The third-order valence-corrected chi connectivity index (χ3v) is 0.595. The number of hydrogen-bond acceptors (Lipinski definition) is 5. The van der Waals surface area contributed by atoms with Gasteiger partial charge in [0.1, 0.15) is 0 Å². The molecule has 60 valence electrons. The van der Waals surface area contributed by atoms with Crippen LogP contribution in [-0.4, -0.2) is 17.6 Å². The number of carbonyl (C=O) groups is 1. The fourth-order valence-electron chi connectivity index (χ4n) is 0.253. The molecule has 0 aliphatic rings. The molecule has 0 radical (unpaired) electrons. The second-order valence-corrected chi connectivity index (χ2v) is 1.36. The van der Waals surface area contributed by atoms with Gasteiger partial charge in [0.05, 0.1) is 0 Å². The van der Waals surface area contributed by atoms with E-state index < -0.39 is 5.97 Å². The van der Waals surface area contributed by atoms with Crippen LogP contribution in [0.5, 0.6) is 0 Å². The van der Waals surface area contributed by atoms with Crippen molar-refractivity contribution < 1.29 is 39.5 Å². The van der Waals surface area contributed by atoms with Crippen molar-refractivity contribution in [2.45, 2.75) is 12.8 Å².